The minimum atomic E-state index is -0.999. The molecule has 0 aliphatic carbocycles. The number of alkyl carbamates (subject to hydrolysis) is 1. The van der Waals surface area contributed by atoms with E-state index >= 15 is 0 Å². The summed E-state index contributed by atoms with van der Waals surface area (Å²) in [5.41, 5.74) is -0.755. The van der Waals surface area contributed by atoms with Gasteiger partial charge in [0.2, 0.25) is 0 Å². The number of amides is 1. The second kappa shape index (κ2) is 11.2. The zero-order valence-corrected chi connectivity index (χ0v) is 17.1. The largest absolute Gasteiger partial charge is 0.454 e. The van der Waals surface area contributed by atoms with Crippen LogP contribution in [-0.2, 0) is 16.1 Å². The van der Waals surface area contributed by atoms with Crippen molar-refractivity contribution in [2.24, 2.45) is 0 Å². The maximum atomic E-state index is 12.4. The molecule has 0 spiro atoms. The quantitative estimate of drug-likeness (QED) is 0.251. The number of esters is 1. The molecule has 0 aliphatic heterocycles. The molecule has 2 atom stereocenters. The molecule has 0 unspecified atom stereocenters. The monoisotopic (exact) mass is 443 g/mol. The molecular formula is C21H21N3O8. The van der Waals surface area contributed by atoms with Crippen LogP contribution in [0.3, 0.4) is 0 Å². The van der Waals surface area contributed by atoms with E-state index in [4.69, 9.17) is 9.47 Å². The number of carbonyl (C=O) groups is 2. The molecular weight excluding hydrogens is 422 g/mol. The van der Waals surface area contributed by atoms with Gasteiger partial charge in [0, 0.05) is 24.6 Å². The zero-order chi connectivity index (χ0) is 23.7. The van der Waals surface area contributed by atoms with E-state index in [0.29, 0.717) is 0 Å². The number of nitrogens with zero attached hydrogens (tertiary/aromatic N) is 2. The van der Waals surface area contributed by atoms with Crippen molar-refractivity contribution in [2.75, 3.05) is 0 Å². The predicted molar refractivity (Wildman–Crippen MR) is 113 cm³/mol. The zero-order valence-electron chi connectivity index (χ0n) is 17.1. The average Bonchev–Trinajstić information content (AvgIpc) is 2.77. The average molecular weight is 443 g/mol. The van der Waals surface area contributed by atoms with E-state index in [1.54, 1.807) is 6.92 Å². The minimum Gasteiger partial charge on any atom is -0.454 e. The molecule has 2 aromatic carbocycles. The van der Waals surface area contributed by atoms with Crippen LogP contribution in [0.4, 0.5) is 16.2 Å². The van der Waals surface area contributed by atoms with Crippen molar-refractivity contribution < 1.29 is 28.9 Å². The first-order valence-electron chi connectivity index (χ1n) is 9.44. The fourth-order valence-corrected chi connectivity index (χ4v) is 2.70. The lowest BCUT2D eigenvalue weighted by Gasteiger charge is -2.19. The molecule has 1 N–H and O–H groups in total. The molecule has 0 saturated heterocycles. The Hall–Kier alpha value is -4.28. The van der Waals surface area contributed by atoms with Gasteiger partial charge in [0.1, 0.15) is 12.7 Å². The Kier molecular flexibility index (Phi) is 8.40. The first kappa shape index (κ1) is 24.0. The van der Waals surface area contributed by atoms with Gasteiger partial charge in [-0.25, -0.2) is 9.59 Å². The van der Waals surface area contributed by atoms with Crippen LogP contribution in [0, 0.1) is 20.2 Å². The number of benzene rings is 2. The topological polar surface area (TPSA) is 151 Å². The van der Waals surface area contributed by atoms with E-state index in [0.717, 1.165) is 23.8 Å². The highest BCUT2D eigenvalue weighted by atomic mass is 16.6. The van der Waals surface area contributed by atoms with Gasteiger partial charge in [-0.3, -0.25) is 20.2 Å². The third-order valence-corrected chi connectivity index (χ3v) is 4.24. The van der Waals surface area contributed by atoms with Crippen molar-refractivity contribution in [3.05, 3.63) is 92.5 Å². The fraction of sp³-hybridized carbons (Fsp3) is 0.238. The number of non-ortho nitro benzene ring substituents is 2. The molecule has 2 rings (SSSR count). The Bertz CT molecular complexity index is 977. The van der Waals surface area contributed by atoms with Crippen LogP contribution >= 0.6 is 0 Å². The van der Waals surface area contributed by atoms with Crippen LogP contribution in [-0.4, -0.2) is 34.1 Å². The van der Waals surface area contributed by atoms with Gasteiger partial charge in [-0.05, 0) is 12.5 Å². The van der Waals surface area contributed by atoms with Crippen molar-refractivity contribution in [1.29, 1.82) is 0 Å². The van der Waals surface area contributed by atoms with Crippen molar-refractivity contribution in [3.63, 3.8) is 0 Å². The lowest BCUT2D eigenvalue weighted by atomic mass is 10.1. The highest BCUT2D eigenvalue weighted by molar-refractivity contribution is 5.91. The Morgan fingerprint density at radius 3 is 2.22 bits per heavy atom. The van der Waals surface area contributed by atoms with Gasteiger partial charge in [-0.2, -0.15) is 0 Å². The molecule has 168 valence electrons. The van der Waals surface area contributed by atoms with Crippen LogP contribution < -0.4 is 5.32 Å². The number of hydrogen-bond donors (Lipinski definition) is 1. The Balaban J connectivity index is 1.95. The summed E-state index contributed by atoms with van der Waals surface area (Å²) < 4.78 is 10.4. The van der Waals surface area contributed by atoms with Gasteiger partial charge in [0.15, 0.2) is 0 Å². The first-order chi connectivity index (χ1) is 15.2. The van der Waals surface area contributed by atoms with Gasteiger partial charge in [-0.15, -0.1) is 0 Å². The number of ether oxygens (including phenoxy) is 2. The van der Waals surface area contributed by atoms with E-state index in [1.165, 1.54) is 6.08 Å². The third-order valence-electron chi connectivity index (χ3n) is 4.24. The van der Waals surface area contributed by atoms with Crippen LogP contribution in [0.2, 0.25) is 0 Å². The molecule has 0 heterocycles. The number of rotatable bonds is 10. The molecule has 0 saturated carbocycles. The maximum Gasteiger partial charge on any atom is 0.407 e. The summed E-state index contributed by atoms with van der Waals surface area (Å²) in [7, 11) is 0. The molecule has 11 nitrogen and oxygen atoms in total. The van der Waals surface area contributed by atoms with E-state index in [9.17, 15) is 29.8 Å². The summed E-state index contributed by atoms with van der Waals surface area (Å²) in [5.74, 6) is -0.999. The molecule has 0 bridgehead atoms. The lowest BCUT2D eigenvalue weighted by Crippen LogP contribution is -2.36. The molecule has 32 heavy (non-hydrogen) atoms. The van der Waals surface area contributed by atoms with Crippen molar-refractivity contribution >= 4 is 23.4 Å². The van der Waals surface area contributed by atoms with Gasteiger partial charge in [0.05, 0.1) is 21.5 Å². The fourth-order valence-electron chi connectivity index (χ4n) is 2.70. The highest BCUT2D eigenvalue weighted by Gasteiger charge is 2.23. The van der Waals surface area contributed by atoms with Crippen LogP contribution in [0.25, 0.3) is 0 Å². The van der Waals surface area contributed by atoms with Gasteiger partial charge in [-0.1, -0.05) is 43.0 Å². The summed E-state index contributed by atoms with van der Waals surface area (Å²) in [6.45, 7) is 5.32. The van der Waals surface area contributed by atoms with Gasteiger partial charge >= 0.3 is 12.1 Å². The van der Waals surface area contributed by atoms with Crippen LogP contribution in [0.5, 0.6) is 0 Å². The number of hydrogen-bond acceptors (Lipinski definition) is 8. The molecule has 1 amide bonds. The van der Waals surface area contributed by atoms with Crippen molar-refractivity contribution in [2.45, 2.75) is 32.1 Å². The normalized spacial score (nSPS) is 12.2. The lowest BCUT2D eigenvalue weighted by molar-refractivity contribution is -0.394. The Labute approximate surface area is 182 Å². The Morgan fingerprint density at radius 2 is 1.69 bits per heavy atom. The maximum absolute atomic E-state index is 12.4. The summed E-state index contributed by atoms with van der Waals surface area (Å²) in [4.78, 5) is 44.6. The molecule has 0 radical (unpaired) electrons. The van der Waals surface area contributed by atoms with Crippen LogP contribution in [0.1, 0.15) is 29.3 Å². The summed E-state index contributed by atoms with van der Waals surface area (Å²) in [5, 5.41) is 24.6. The van der Waals surface area contributed by atoms with Gasteiger partial charge < -0.3 is 14.8 Å². The predicted octanol–water partition coefficient (Wildman–Crippen LogP) is 3.92. The van der Waals surface area contributed by atoms with E-state index in [-0.39, 0.29) is 18.6 Å². The van der Waals surface area contributed by atoms with Gasteiger partial charge in [0.25, 0.3) is 11.4 Å². The van der Waals surface area contributed by atoms with Crippen molar-refractivity contribution in [3.8, 4) is 0 Å². The van der Waals surface area contributed by atoms with Crippen LogP contribution in [0.15, 0.2) is 61.2 Å². The standard InChI is InChI=1S/C21H21N3O8/c1-3-19(9-14(2)22-21(26)31-13-15-7-5-4-6-8-15)32-20(25)16-10-17(23(27)28)12-18(11-16)24(29)30/h3-8,10-12,14,19H,1,9,13H2,2H3,(H,22,26)/t14-,19+/m0/s1. The van der Waals surface area contributed by atoms with E-state index in [2.05, 4.69) is 11.9 Å². The third kappa shape index (κ3) is 7.20. The molecule has 0 fully saturated rings. The second-order valence-corrected chi connectivity index (χ2v) is 6.77. The van der Waals surface area contributed by atoms with Crippen molar-refractivity contribution in [1.82, 2.24) is 5.32 Å². The molecule has 0 aromatic heterocycles. The van der Waals surface area contributed by atoms with E-state index in [1.807, 2.05) is 30.3 Å². The molecule has 2 aromatic rings. The smallest absolute Gasteiger partial charge is 0.407 e. The molecule has 11 heteroatoms. The minimum absolute atomic E-state index is 0.0881. The highest BCUT2D eigenvalue weighted by Crippen LogP contribution is 2.23. The number of carbonyl (C=O) groups excluding carboxylic acids is 2. The summed E-state index contributed by atoms with van der Waals surface area (Å²) >= 11 is 0. The second-order valence-electron chi connectivity index (χ2n) is 6.77. The first-order valence-corrected chi connectivity index (χ1v) is 9.44. The molecule has 0 aliphatic rings. The SMILES string of the molecule is C=C[C@H](C[C@H](C)NC(=O)OCc1ccccc1)OC(=O)c1cc([N+](=O)[O-])cc([N+](=O)[O-])c1. The summed E-state index contributed by atoms with van der Waals surface area (Å²) in [6, 6.07) is 11.1. The number of nitrogens with one attached hydrogen (secondary N) is 1. The number of nitro groups is 2. The van der Waals surface area contributed by atoms with E-state index < -0.39 is 45.4 Å². The number of nitro benzene ring substituents is 2. The summed E-state index contributed by atoms with van der Waals surface area (Å²) in [6.07, 6.45) is -0.0841. The Morgan fingerprint density at radius 1 is 1.09 bits per heavy atom.